The van der Waals surface area contributed by atoms with Crippen molar-refractivity contribution in [1.29, 1.82) is 0 Å². The zero-order chi connectivity index (χ0) is 21.4. The van der Waals surface area contributed by atoms with Crippen LogP contribution in [0.3, 0.4) is 0 Å². The summed E-state index contributed by atoms with van der Waals surface area (Å²) in [6, 6.07) is 36.4. The molecule has 0 heteroatoms. The van der Waals surface area contributed by atoms with Crippen LogP contribution in [0.1, 0.15) is 65.5 Å². The van der Waals surface area contributed by atoms with Crippen molar-refractivity contribution in [2.24, 2.45) is 0 Å². The molecule has 2 aliphatic carbocycles. The zero-order valence-electron chi connectivity index (χ0n) is 18.7. The molecule has 0 heterocycles. The SMILES string of the molecule is c1ccc(Cc2ccc3c(c2)C2(CCCCC2)c2cc(Cc4ccccc4)ccc2-3)cc1. The van der Waals surface area contributed by atoms with Crippen molar-refractivity contribution in [3.05, 3.63) is 130 Å². The molecule has 6 rings (SSSR count). The molecule has 0 unspecified atom stereocenters. The molecular formula is C32H30. The standard InChI is InChI=1S/C32H30/c1-4-10-24(11-5-1)20-26-14-16-28-29-17-15-27(21-25-12-6-2-7-13-25)23-31(29)32(30(28)22-26)18-8-3-9-19-32/h1-2,4-7,10-17,22-23H,3,8-9,18-21H2. The van der Waals surface area contributed by atoms with E-state index in [9.17, 15) is 0 Å². The van der Waals surface area contributed by atoms with Crippen molar-refractivity contribution >= 4 is 0 Å². The van der Waals surface area contributed by atoms with E-state index in [-0.39, 0.29) is 5.41 Å². The van der Waals surface area contributed by atoms with Gasteiger partial charge in [-0.3, -0.25) is 0 Å². The fourth-order valence-electron chi connectivity index (χ4n) is 6.17. The van der Waals surface area contributed by atoms with Crippen LogP contribution in [0.2, 0.25) is 0 Å². The summed E-state index contributed by atoms with van der Waals surface area (Å²) in [5, 5.41) is 0. The van der Waals surface area contributed by atoms with Gasteiger partial charge in [-0.2, -0.15) is 0 Å². The number of rotatable bonds is 4. The van der Waals surface area contributed by atoms with Gasteiger partial charge in [0.15, 0.2) is 0 Å². The predicted octanol–water partition coefficient (Wildman–Crippen LogP) is 8.10. The fraction of sp³-hybridized carbons (Fsp3) is 0.250. The molecule has 32 heavy (non-hydrogen) atoms. The molecule has 0 saturated heterocycles. The summed E-state index contributed by atoms with van der Waals surface area (Å²) >= 11 is 0. The van der Waals surface area contributed by atoms with Gasteiger partial charge in [0.1, 0.15) is 0 Å². The first-order valence-electron chi connectivity index (χ1n) is 12.2. The van der Waals surface area contributed by atoms with E-state index in [4.69, 9.17) is 0 Å². The van der Waals surface area contributed by atoms with Gasteiger partial charge in [-0.1, -0.05) is 116 Å². The van der Waals surface area contributed by atoms with Crippen LogP contribution in [0, 0.1) is 0 Å². The van der Waals surface area contributed by atoms with Gasteiger partial charge in [0.25, 0.3) is 0 Å². The minimum absolute atomic E-state index is 0.211. The lowest BCUT2D eigenvalue weighted by atomic mass is 9.67. The molecule has 0 bridgehead atoms. The monoisotopic (exact) mass is 414 g/mol. The molecule has 0 radical (unpaired) electrons. The molecule has 0 aromatic heterocycles. The predicted molar refractivity (Wildman–Crippen MR) is 134 cm³/mol. The summed E-state index contributed by atoms with van der Waals surface area (Å²) in [5.41, 5.74) is 12.0. The van der Waals surface area contributed by atoms with Crippen molar-refractivity contribution < 1.29 is 0 Å². The Balaban J connectivity index is 1.42. The minimum Gasteiger partial charge on any atom is -0.0622 e. The maximum absolute atomic E-state index is 2.55. The normalized spacial score (nSPS) is 16.0. The molecule has 158 valence electrons. The Morgan fingerprint density at radius 2 is 0.938 bits per heavy atom. The second-order valence-electron chi connectivity index (χ2n) is 9.73. The van der Waals surface area contributed by atoms with Crippen molar-refractivity contribution in [1.82, 2.24) is 0 Å². The summed E-state index contributed by atoms with van der Waals surface area (Å²) < 4.78 is 0. The Labute approximate surface area is 192 Å². The lowest BCUT2D eigenvalue weighted by Crippen LogP contribution is -2.28. The third-order valence-corrected chi connectivity index (χ3v) is 7.70. The third kappa shape index (κ3) is 3.39. The average molecular weight is 415 g/mol. The second kappa shape index (κ2) is 8.10. The van der Waals surface area contributed by atoms with Crippen LogP contribution in [0.4, 0.5) is 0 Å². The van der Waals surface area contributed by atoms with Gasteiger partial charge in [-0.25, -0.2) is 0 Å². The first-order chi connectivity index (χ1) is 15.8. The topological polar surface area (TPSA) is 0 Å². The third-order valence-electron chi connectivity index (χ3n) is 7.70. The molecule has 0 atom stereocenters. The summed E-state index contributed by atoms with van der Waals surface area (Å²) in [7, 11) is 0. The Morgan fingerprint density at radius 1 is 0.469 bits per heavy atom. The van der Waals surface area contributed by atoms with Crippen LogP contribution in [0.25, 0.3) is 11.1 Å². The van der Waals surface area contributed by atoms with E-state index in [0.29, 0.717) is 0 Å². The lowest BCUT2D eigenvalue weighted by molar-refractivity contribution is 0.352. The Morgan fingerprint density at radius 3 is 1.41 bits per heavy atom. The molecule has 1 saturated carbocycles. The molecule has 0 amide bonds. The Hall–Kier alpha value is -3.12. The highest BCUT2D eigenvalue weighted by molar-refractivity contribution is 5.82. The highest BCUT2D eigenvalue weighted by Crippen LogP contribution is 2.56. The Bertz CT molecular complexity index is 1130. The van der Waals surface area contributed by atoms with Gasteiger partial charge in [-0.15, -0.1) is 0 Å². The van der Waals surface area contributed by atoms with Crippen molar-refractivity contribution in [2.75, 3.05) is 0 Å². The van der Waals surface area contributed by atoms with Crippen molar-refractivity contribution in [2.45, 2.75) is 50.4 Å². The van der Waals surface area contributed by atoms with Gasteiger partial charge in [0, 0.05) is 5.41 Å². The first kappa shape index (κ1) is 19.6. The van der Waals surface area contributed by atoms with Crippen LogP contribution < -0.4 is 0 Å². The van der Waals surface area contributed by atoms with E-state index in [1.165, 1.54) is 65.5 Å². The molecule has 4 aromatic rings. The minimum atomic E-state index is 0.211. The van der Waals surface area contributed by atoms with E-state index in [1.807, 2.05) is 0 Å². The number of hydrogen-bond donors (Lipinski definition) is 0. The van der Waals surface area contributed by atoms with Gasteiger partial charge < -0.3 is 0 Å². The van der Waals surface area contributed by atoms with Crippen molar-refractivity contribution in [3.8, 4) is 11.1 Å². The highest BCUT2D eigenvalue weighted by Gasteiger charge is 2.43. The van der Waals surface area contributed by atoms with Crippen LogP contribution in [-0.2, 0) is 18.3 Å². The van der Waals surface area contributed by atoms with Crippen LogP contribution >= 0.6 is 0 Å². The summed E-state index contributed by atoms with van der Waals surface area (Å²) in [6.45, 7) is 0. The number of fused-ring (bicyclic) bond motifs is 5. The van der Waals surface area contributed by atoms with Gasteiger partial charge in [0.2, 0.25) is 0 Å². The average Bonchev–Trinajstić information content (AvgIpc) is 3.09. The summed E-state index contributed by atoms with van der Waals surface area (Å²) in [4.78, 5) is 0. The lowest BCUT2D eigenvalue weighted by Gasteiger charge is -2.36. The fourth-order valence-corrected chi connectivity index (χ4v) is 6.17. The molecule has 2 aliphatic rings. The molecule has 0 N–H and O–H groups in total. The van der Waals surface area contributed by atoms with Gasteiger partial charge in [0.05, 0.1) is 0 Å². The molecule has 1 fully saturated rings. The Kier molecular flexibility index (Phi) is 4.95. The summed E-state index contributed by atoms with van der Waals surface area (Å²) in [5.74, 6) is 0. The highest BCUT2D eigenvalue weighted by atomic mass is 14.5. The van der Waals surface area contributed by atoms with E-state index in [2.05, 4.69) is 97.1 Å². The van der Waals surface area contributed by atoms with E-state index in [1.54, 1.807) is 11.1 Å². The molecular weight excluding hydrogens is 384 g/mol. The first-order valence-corrected chi connectivity index (χ1v) is 12.2. The molecule has 4 aromatic carbocycles. The molecule has 1 spiro atoms. The summed E-state index contributed by atoms with van der Waals surface area (Å²) in [6.07, 6.45) is 8.65. The molecule has 0 nitrogen and oxygen atoms in total. The van der Waals surface area contributed by atoms with E-state index in [0.717, 1.165) is 12.8 Å². The van der Waals surface area contributed by atoms with Crippen LogP contribution in [0.15, 0.2) is 97.1 Å². The maximum Gasteiger partial charge on any atom is 0.0215 e. The zero-order valence-corrected chi connectivity index (χ0v) is 18.7. The van der Waals surface area contributed by atoms with Gasteiger partial charge >= 0.3 is 0 Å². The largest absolute Gasteiger partial charge is 0.0622 e. The number of hydrogen-bond acceptors (Lipinski definition) is 0. The number of benzene rings is 4. The smallest absolute Gasteiger partial charge is 0.0215 e. The quantitative estimate of drug-likeness (QED) is 0.316. The van der Waals surface area contributed by atoms with Crippen LogP contribution in [-0.4, -0.2) is 0 Å². The van der Waals surface area contributed by atoms with E-state index < -0.39 is 0 Å². The molecule has 0 aliphatic heterocycles. The van der Waals surface area contributed by atoms with Crippen molar-refractivity contribution in [3.63, 3.8) is 0 Å². The van der Waals surface area contributed by atoms with E-state index >= 15 is 0 Å². The second-order valence-corrected chi connectivity index (χ2v) is 9.73. The van der Waals surface area contributed by atoms with Gasteiger partial charge in [-0.05, 0) is 70.2 Å². The van der Waals surface area contributed by atoms with Crippen LogP contribution in [0.5, 0.6) is 0 Å². The maximum atomic E-state index is 2.55.